The van der Waals surface area contributed by atoms with Gasteiger partial charge in [-0.05, 0) is 46.5 Å². The lowest BCUT2D eigenvalue weighted by molar-refractivity contribution is -0.217. The maximum absolute atomic E-state index is 11.8. The Morgan fingerprint density at radius 1 is 1.14 bits per heavy atom. The first-order chi connectivity index (χ1) is 10.1. The van der Waals surface area contributed by atoms with E-state index in [1.807, 2.05) is 0 Å². The van der Waals surface area contributed by atoms with Crippen LogP contribution in [0.25, 0.3) is 0 Å². The summed E-state index contributed by atoms with van der Waals surface area (Å²) < 4.78 is 5.17. The molecule has 0 heterocycles. The first kappa shape index (κ1) is 18.4. The summed E-state index contributed by atoms with van der Waals surface area (Å²) in [7, 11) is 0. The Kier molecular flexibility index (Phi) is 6.34. The second kappa shape index (κ2) is 7.58. The van der Waals surface area contributed by atoms with Gasteiger partial charge < -0.3 is 9.84 Å². The van der Waals surface area contributed by atoms with Gasteiger partial charge in [0.25, 0.3) is 0 Å². The van der Waals surface area contributed by atoms with Crippen LogP contribution in [0.3, 0.4) is 0 Å². The van der Waals surface area contributed by atoms with E-state index in [9.17, 15) is 14.4 Å². The third kappa shape index (κ3) is 6.43. The van der Waals surface area contributed by atoms with Crippen LogP contribution in [0.1, 0.15) is 53.4 Å². The van der Waals surface area contributed by atoms with Crippen LogP contribution in [0.15, 0.2) is 0 Å². The minimum absolute atomic E-state index is 0.248. The zero-order valence-corrected chi connectivity index (χ0v) is 13.6. The molecule has 22 heavy (non-hydrogen) atoms. The largest absolute Gasteiger partial charge is 0.481 e. The lowest BCUT2D eigenvalue weighted by Gasteiger charge is -2.30. The topological polar surface area (TPSA) is 93.1 Å². The third-order valence-electron chi connectivity index (χ3n) is 3.34. The van der Waals surface area contributed by atoms with Crippen molar-refractivity contribution in [3.05, 3.63) is 0 Å². The van der Waals surface area contributed by atoms with E-state index in [4.69, 9.17) is 14.7 Å². The van der Waals surface area contributed by atoms with Crippen molar-refractivity contribution in [2.24, 2.45) is 5.92 Å². The van der Waals surface area contributed by atoms with Crippen LogP contribution in [-0.2, 0) is 24.0 Å². The second-order valence-corrected chi connectivity index (χ2v) is 6.56. The number of carboxylic acids is 1. The van der Waals surface area contributed by atoms with Crippen LogP contribution in [0.2, 0.25) is 0 Å². The Balaban J connectivity index is 2.50. The molecule has 0 atom stereocenters. The van der Waals surface area contributed by atoms with Gasteiger partial charge in [-0.3, -0.25) is 19.2 Å². The number of aliphatic carboxylic acids is 1. The average Bonchev–Trinajstić information content (AvgIpc) is 2.36. The van der Waals surface area contributed by atoms with Gasteiger partial charge in [-0.1, -0.05) is 0 Å². The van der Waals surface area contributed by atoms with Crippen LogP contribution in [0, 0.1) is 5.92 Å². The maximum Gasteiger partial charge on any atom is 0.328 e. The molecule has 0 aromatic carbocycles. The van der Waals surface area contributed by atoms with E-state index in [0.29, 0.717) is 25.7 Å². The lowest BCUT2D eigenvalue weighted by Crippen LogP contribution is -2.41. The van der Waals surface area contributed by atoms with Gasteiger partial charge >= 0.3 is 11.9 Å². The van der Waals surface area contributed by atoms with Gasteiger partial charge in [-0.15, -0.1) is 0 Å². The molecular formula is C15H25NO6. The van der Waals surface area contributed by atoms with Gasteiger partial charge in [0.1, 0.15) is 12.1 Å². The van der Waals surface area contributed by atoms with Crippen molar-refractivity contribution < 1.29 is 29.1 Å². The zero-order chi connectivity index (χ0) is 16.9. The van der Waals surface area contributed by atoms with E-state index >= 15 is 0 Å². The first-order valence-electron chi connectivity index (χ1n) is 7.48. The number of amides is 1. The lowest BCUT2D eigenvalue weighted by atomic mass is 9.88. The predicted molar refractivity (Wildman–Crippen MR) is 77.7 cm³/mol. The Labute approximate surface area is 130 Å². The second-order valence-electron chi connectivity index (χ2n) is 6.56. The number of rotatable bonds is 5. The molecule has 0 radical (unpaired) electrons. The molecule has 0 unspecified atom stereocenters. The molecule has 1 saturated carbocycles. The van der Waals surface area contributed by atoms with Gasteiger partial charge in [0.15, 0.2) is 0 Å². The summed E-state index contributed by atoms with van der Waals surface area (Å²) in [5, 5.41) is 9.96. The molecular weight excluding hydrogens is 290 g/mol. The van der Waals surface area contributed by atoms with Crippen LogP contribution < -0.4 is 0 Å². The van der Waals surface area contributed by atoms with E-state index in [-0.39, 0.29) is 24.5 Å². The number of hydroxylamine groups is 2. The van der Waals surface area contributed by atoms with Gasteiger partial charge in [-0.25, -0.2) is 5.06 Å². The molecule has 0 aromatic heterocycles. The molecule has 1 aliphatic carbocycles. The van der Waals surface area contributed by atoms with Crippen LogP contribution >= 0.6 is 0 Å². The van der Waals surface area contributed by atoms with Crippen molar-refractivity contribution in [3.8, 4) is 0 Å². The van der Waals surface area contributed by atoms with Crippen LogP contribution in [0.4, 0.5) is 0 Å². The van der Waals surface area contributed by atoms with Gasteiger partial charge in [0.05, 0.1) is 12.0 Å². The quantitative estimate of drug-likeness (QED) is 0.613. The van der Waals surface area contributed by atoms with Gasteiger partial charge in [0.2, 0.25) is 5.91 Å². The summed E-state index contributed by atoms with van der Waals surface area (Å²) in [5.41, 5.74) is -0.626. The molecule has 0 aromatic rings. The number of hydrogen-bond donors (Lipinski definition) is 1. The summed E-state index contributed by atoms with van der Waals surface area (Å²) in [5.74, 6) is -2.07. The van der Waals surface area contributed by atoms with Crippen molar-refractivity contribution in [2.75, 3.05) is 6.54 Å². The molecule has 1 amide bonds. The molecule has 0 aliphatic heterocycles. The van der Waals surface area contributed by atoms with Gasteiger partial charge in [0, 0.05) is 6.92 Å². The highest BCUT2D eigenvalue weighted by Gasteiger charge is 2.29. The van der Waals surface area contributed by atoms with Crippen LogP contribution in [-0.4, -0.2) is 46.3 Å². The maximum atomic E-state index is 11.8. The van der Waals surface area contributed by atoms with Crippen LogP contribution in [0.5, 0.6) is 0 Å². The van der Waals surface area contributed by atoms with E-state index in [0.717, 1.165) is 5.06 Å². The summed E-state index contributed by atoms with van der Waals surface area (Å²) in [6.45, 7) is 6.28. The summed E-state index contributed by atoms with van der Waals surface area (Å²) in [6.07, 6.45) is 1.88. The fraction of sp³-hybridized carbons (Fsp3) is 0.800. The Morgan fingerprint density at radius 3 is 2.09 bits per heavy atom. The van der Waals surface area contributed by atoms with E-state index in [1.54, 1.807) is 20.8 Å². The molecule has 1 rings (SSSR count). The number of nitrogens with zero attached hydrogens (tertiary/aromatic N) is 1. The Morgan fingerprint density at radius 2 is 1.68 bits per heavy atom. The molecule has 0 saturated heterocycles. The van der Waals surface area contributed by atoms with E-state index in [2.05, 4.69) is 0 Å². The molecule has 0 spiro atoms. The SMILES string of the molecule is CC(=O)N(CC(=O)OC(C)(C)C)OC1CCC(C(=O)O)CC1. The summed E-state index contributed by atoms with van der Waals surface area (Å²) in [4.78, 5) is 39.8. The Hall–Kier alpha value is -1.63. The minimum Gasteiger partial charge on any atom is -0.481 e. The summed E-state index contributed by atoms with van der Waals surface area (Å²) >= 11 is 0. The highest BCUT2D eigenvalue weighted by Crippen LogP contribution is 2.27. The third-order valence-corrected chi connectivity index (χ3v) is 3.34. The monoisotopic (exact) mass is 315 g/mol. The number of carbonyl (C=O) groups is 3. The predicted octanol–water partition coefficient (Wildman–Crippen LogP) is 1.75. The molecule has 7 heteroatoms. The average molecular weight is 315 g/mol. The number of carbonyl (C=O) groups excluding carboxylic acids is 2. The van der Waals surface area contributed by atoms with Gasteiger partial charge in [-0.2, -0.15) is 0 Å². The van der Waals surface area contributed by atoms with E-state index in [1.165, 1.54) is 6.92 Å². The highest BCUT2D eigenvalue weighted by molar-refractivity contribution is 5.79. The zero-order valence-electron chi connectivity index (χ0n) is 13.6. The number of ether oxygens (including phenoxy) is 1. The molecule has 126 valence electrons. The Bertz CT molecular complexity index is 420. The molecule has 1 aliphatic rings. The van der Waals surface area contributed by atoms with Crippen molar-refractivity contribution in [1.29, 1.82) is 0 Å². The fourth-order valence-corrected chi connectivity index (χ4v) is 2.31. The van der Waals surface area contributed by atoms with Crippen molar-refractivity contribution >= 4 is 17.8 Å². The minimum atomic E-state index is -0.796. The molecule has 1 N–H and O–H groups in total. The number of hydrogen-bond acceptors (Lipinski definition) is 5. The standard InChI is InChI=1S/C15H25NO6/c1-10(17)16(9-13(18)21-15(2,3)4)22-12-7-5-11(6-8-12)14(19)20/h11-12H,5-9H2,1-4H3,(H,19,20). The van der Waals surface area contributed by atoms with Crippen molar-refractivity contribution in [2.45, 2.75) is 65.1 Å². The highest BCUT2D eigenvalue weighted by atomic mass is 16.7. The smallest absolute Gasteiger partial charge is 0.328 e. The fourth-order valence-electron chi connectivity index (χ4n) is 2.31. The normalized spacial score (nSPS) is 22.0. The number of carboxylic acid groups (broad SMARTS) is 1. The molecule has 0 bridgehead atoms. The number of esters is 1. The van der Waals surface area contributed by atoms with Crippen molar-refractivity contribution in [1.82, 2.24) is 5.06 Å². The first-order valence-corrected chi connectivity index (χ1v) is 7.48. The molecule has 7 nitrogen and oxygen atoms in total. The molecule has 1 fully saturated rings. The van der Waals surface area contributed by atoms with Crippen molar-refractivity contribution in [3.63, 3.8) is 0 Å². The summed E-state index contributed by atoms with van der Waals surface area (Å²) in [6, 6.07) is 0. The van der Waals surface area contributed by atoms with E-state index < -0.39 is 17.5 Å².